The minimum absolute atomic E-state index is 0.196. The quantitative estimate of drug-likeness (QED) is 0.853. The van der Waals surface area contributed by atoms with Gasteiger partial charge in [-0.2, -0.15) is 0 Å². The van der Waals surface area contributed by atoms with Gasteiger partial charge in [-0.1, -0.05) is 12.2 Å². The van der Waals surface area contributed by atoms with Crippen LogP contribution in [0.25, 0.3) is 0 Å². The number of ether oxygens (including phenoxy) is 3. The molecule has 3 rings (SSSR count). The maximum absolute atomic E-state index is 5.55. The molecule has 19 heavy (non-hydrogen) atoms. The summed E-state index contributed by atoms with van der Waals surface area (Å²) in [6.45, 7) is 0.223. The molecule has 0 saturated carbocycles. The standard InChI is InChI=1S/C12H9N3O3S/c13-12(19)8-4-15-11(5-14-8)18-7-1-2-9-10(3-7)17-6-16-9/h1-5H,6H2,(H2,13,19). The molecular weight excluding hydrogens is 266 g/mol. The lowest BCUT2D eigenvalue weighted by atomic mass is 10.3. The molecule has 7 heteroatoms. The van der Waals surface area contributed by atoms with Crippen molar-refractivity contribution in [2.24, 2.45) is 5.73 Å². The van der Waals surface area contributed by atoms with E-state index in [1.165, 1.54) is 12.4 Å². The second-order valence-corrected chi connectivity index (χ2v) is 4.16. The van der Waals surface area contributed by atoms with Crippen molar-refractivity contribution in [2.75, 3.05) is 6.79 Å². The number of nitrogens with two attached hydrogens (primary N) is 1. The topological polar surface area (TPSA) is 79.5 Å². The largest absolute Gasteiger partial charge is 0.454 e. The molecule has 1 aliphatic rings. The Morgan fingerprint density at radius 3 is 2.79 bits per heavy atom. The van der Waals surface area contributed by atoms with Crippen molar-refractivity contribution < 1.29 is 14.2 Å². The first-order valence-electron chi connectivity index (χ1n) is 5.42. The summed E-state index contributed by atoms with van der Waals surface area (Å²) in [6.07, 6.45) is 2.92. The molecule has 1 aromatic heterocycles. The Kier molecular flexibility index (Phi) is 2.88. The van der Waals surface area contributed by atoms with Crippen molar-refractivity contribution in [1.82, 2.24) is 9.97 Å². The molecular formula is C12H9N3O3S. The van der Waals surface area contributed by atoms with Gasteiger partial charge in [-0.15, -0.1) is 0 Å². The number of aromatic nitrogens is 2. The Labute approximate surface area is 114 Å². The highest BCUT2D eigenvalue weighted by Crippen LogP contribution is 2.36. The van der Waals surface area contributed by atoms with Gasteiger partial charge in [-0.05, 0) is 12.1 Å². The van der Waals surface area contributed by atoms with Gasteiger partial charge in [0.15, 0.2) is 11.5 Å². The third-order valence-electron chi connectivity index (χ3n) is 2.45. The molecule has 0 unspecified atom stereocenters. The van der Waals surface area contributed by atoms with Crippen molar-refractivity contribution in [2.45, 2.75) is 0 Å². The number of hydrogen-bond acceptors (Lipinski definition) is 6. The van der Waals surface area contributed by atoms with E-state index in [9.17, 15) is 0 Å². The van der Waals surface area contributed by atoms with Crippen LogP contribution in [0.1, 0.15) is 5.69 Å². The van der Waals surface area contributed by atoms with Crippen LogP contribution < -0.4 is 19.9 Å². The maximum Gasteiger partial charge on any atom is 0.237 e. The number of hydrogen-bond donors (Lipinski definition) is 1. The van der Waals surface area contributed by atoms with E-state index in [-0.39, 0.29) is 11.8 Å². The highest BCUT2D eigenvalue weighted by Gasteiger charge is 2.14. The first-order valence-corrected chi connectivity index (χ1v) is 5.82. The van der Waals surface area contributed by atoms with Crippen molar-refractivity contribution in [3.05, 3.63) is 36.3 Å². The van der Waals surface area contributed by atoms with Gasteiger partial charge in [-0.3, -0.25) is 0 Å². The Morgan fingerprint density at radius 2 is 2.05 bits per heavy atom. The van der Waals surface area contributed by atoms with Gasteiger partial charge in [0, 0.05) is 6.07 Å². The SMILES string of the molecule is NC(=S)c1cnc(Oc2ccc3c(c2)OCO3)cn1. The minimum Gasteiger partial charge on any atom is -0.454 e. The van der Waals surface area contributed by atoms with Crippen LogP contribution in [-0.2, 0) is 0 Å². The molecule has 2 aromatic rings. The average Bonchev–Trinajstić information content (AvgIpc) is 2.87. The van der Waals surface area contributed by atoms with E-state index in [0.717, 1.165) is 0 Å². The van der Waals surface area contributed by atoms with Crippen LogP contribution in [0.2, 0.25) is 0 Å². The van der Waals surface area contributed by atoms with Crippen molar-refractivity contribution in [1.29, 1.82) is 0 Å². The zero-order valence-corrected chi connectivity index (χ0v) is 10.5. The highest BCUT2D eigenvalue weighted by molar-refractivity contribution is 7.80. The summed E-state index contributed by atoms with van der Waals surface area (Å²) in [6, 6.07) is 5.26. The summed E-state index contributed by atoms with van der Waals surface area (Å²) >= 11 is 4.79. The molecule has 0 saturated heterocycles. The van der Waals surface area contributed by atoms with E-state index < -0.39 is 0 Å². The molecule has 2 heterocycles. The Balaban J connectivity index is 1.79. The molecule has 0 bridgehead atoms. The fraction of sp³-hybridized carbons (Fsp3) is 0.0833. The summed E-state index contributed by atoms with van der Waals surface area (Å²) in [5, 5.41) is 0. The zero-order chi connectivity index (χ0) is 13.2. The molecule has 96 valence electrons. The fourth-order valence-corrected chi connectivity index (χ4v) is 1.66. The highest BCUT2D eigenvalue weighted by atomic mass is 32.1. The monoisotopic (exact) mass is 275 g/mol. The van der Waals surface area contributed by atoms with Gasteiger partial charge in [0.1, 0.15) is 16.4 Å². The average molecular weight is 275 g/mol. The van der Waals surface area contributed by atoms with Gasteiger partial charge in [-0.25, -0.2) is 9.97 Å². The van der Waals surface area contributed by atoms with E-state index in [4.69, 9.17) is 32.2 Å². The number of rotatable bonds is 3. The van der Waals surface area contributed by atoms with E-state index >= 15 is 0 Å². The van der Waals surface area contributed by atoms with E-state index in [2.05, 4.69) is 9.97 Å². The Morgan fingerprint density at radius 1 is 1.21 bits per heavy atom. The predicted molar refractivity (Wildman–Crippen MR) is 70.6 cm³/mol. The van der Waals surface area contributed by atoms with Gasteiger partial charge < -0.3 is 19.9 Å². The molecule has 0 fully saturated rings. The van der Waals surface area contributed by atoms with Gasteiger partial charge in [0.25, 0.3) is 0 Å². The molecule has 0 spiro atoms. The van der Waals surface area contributed by atoms with Crippen LogP contribution >= 0.6 is 12.2 Å². The molecule has 0 amide bonds. The molecule has 0 aliphatic carbocycles. The first kappa shape index (κ1) is 11.7. The second kappa shape index (κ2) is 4.69. The third-order valence-corrected chi connectivity index (χ3v) is 2.66. The number of benzene rings is 1. The van der Waals surface area contributed by atoms with Crippen LogP contribution in [0.5, 0.6) is 23.1 Å². The molecule has 6 nitrogen and oxygen atoms in total. The van der Waals surface area contributed by atoms with Crippen LogP contribution in [0, 0.1) is 0 Å². The fourth-order valence-electron chi connectivity index (χ4n) is 1.56. The van der Waals surface area contributed by atoms with E-state index in [0.29, 0.717) is 28.8 Å². The van der Waals surface area contributed by atoms with Crippen LogP contribution in [0.3, 0.4) is 0 Å². The Bertz CT molecular complexity index is 631. The van der Waals surface area contributed by atoms with Crippen LogP contribution in [0.4, 0.5) is 0 Å². The lowest BCUT2D eigenvalue weighted by Gasteiger charge is -2.05. The smallest absolute Gasteiger partial charge is 0.237 e. The number of nitrogens with zero attached hydrogens (tertiary/aromatic N) is 2. The lowest BCUT2D eigenvalue weighted by Crippen LogP contribution is -2.11. The summed E-state index contributed by atoms with van der Waals surface area (Å²) in [5.74, 6) is 2.27. The van der Waals surface area contributed by atoms with Crippen molar-refractivity contribution in [3.8, 4) is 23.1 Å². The molecule has 1 aliphatic heterocycles. The maximum atomic E-state index is 5.55. The summed E-state index contributed by atoms with van der Waals surface area (Å²) < 4.78 is 16.0. The number of thiocarbonyl (C=S) groups is 1. The van der Waals surface area contributed by atoms with Crippen LogP contribution in [0.15, 0.2) is 30.6 Å². The van der Waals surface area contributed by atoms with Gasteiger partial charge in [0.05, 0.1) is 12.4 Å². The minimum atomic E-state index is 0.196. The van der Waals surface area contributed by atoms with Crippen LogP contribution in [-0.4, -0.2) is 21.7 Å². The normalized spacial score (nSPS) is 12.2. The molecule has 2 N–H and O–H groups in total. The van der Waals surface area contributed by atoms with Crippen molar-refractivity contribution >= 4 is 17.2 Å². The lowest BCUT2D eigenvalue weighted by molar-refractivity contribution is 0.174. The molecule has 0 atom stereocenters. The van der Waals surface area contributed by atoms with Gasteiger partial charge >= 0.3 is 0 Å². The predicted octanol–water partition coefficient (Wildman–Crippen LogP) is 1.63. The summed E-state index contributed by atoms with van der Waals surface area (Å²) in [7, 11) is 0. The summed E-state index contributed by atoms with van der Waals surface area (Å²) in [4.78, 5) is 8.30. The zero-order valence-electron chi connectivity index (χ0n) is 9.70. The number of fused-ring (bicyclic) bond motifs is 1. The van der Waals surface area contributed by atoms with Crippen molar-refractivity contribution in [3.63, 3.8) is 0 Å². The summed E-state index contributed by atoms with van der Waals surface area (Å²) in [5.41, 5.74) is 5.89. The Hall–Kier alpha value is -2.41. The first-order chi connectivity index (χ1) is 9.22. The third kappa shape index (κ3) is 2.41. The van der Waals surface area contributed by atoms with Gasteiger partial charge in [0.2, 0.25) is 12.7 Å². The van der Waals surface area contributed by atoms with E-state index in [1.807, 2.05) is 0 Å². The van der Waals surface area contributed by atoms with E-state index in [1.54, 1.807) is 18.2 Å². The molecule has 0 radical (unpaired) electrons. The molecule has 1 aromatic carbocycles. The second-order valence-electron chi connectivity index (χ2n) is 3.72.